The van der Waals surface area contributed by atoms with Crippen LogP contribution in [-0.4, -0.2) is 40.7 Å². The molecule has 0 N–H and O–H groups in total. The number of aromatic nitrogens is 2. The summed E-state index contributed by atoms with van der Waals surface area (Å²) < 4.78 is 24.7. The van der Waals surface area contributed by atoms with E-state index in [0.29, 0.717) is 37.0 Å². The third kappa shape index (κ3) is 3.49. The highest BCUT2D eigenvalue weighted by atomic mass is 19.1. The number of carbonyl (C=O) groups is 1. The number of hydrogen-bond acceptors (Lipinski definition) is 5. The number of hydrogen-bond donors (Lipinski definition) is 0. The van der Waals surface area contributed by atoms with Crippen LogP contribution in [0, 0.1) is 5.82 Å². The first kappa shape index (κ1) is 17.1. The van der Waals surface area contributed by atoms with Crippen molar-refractivity contribution in [1.82, 2.24) is 15.0 Å². The van der Waals surface area contributed by atoms with E-state index in [-0.39, 0.29) is 30.1 Å². The second-order valence-corrected chi connectivity index (χ2v) is 6.89. The van der Waals surface area contributed by atoms with Gasteiger partial charge in [-0.1, -0.05) is 23.4 Å². The highest BCUT2D eigenvalue weighted by Gasteiger charge is 2.35. The van der Waals surface area contributed by atoms with E-state index in [1.165, 1.54) is 6.07 Å². The molecule has 2 fully saturated rings. The Morgan fingerprint density at radius 3 is 2.85 bits per heavy atom. The number of likely N-dealkylation sites (tertiary alicyclic amines) is 1. The third-order valence-corrected chi connectivity index (χ3v) is 5.20. The van der Waals surface area contributed by atoms with Crippen LogP contribution < -0.4 is 0 Å². The fraction of sp³-hybridized carbons (Fsp3) is 0.526. The molecule has 1 unspecified atom stereocenters. The van der Waals surface area contributed by atoms with E-state index < -0.39 is 0 Å². The summed E-state index contributed by atoms with van der Waals surface area (Å²) in [6.45, 7) is 2.06. The summed E-state index contributed by atoms with van der Waals surface area (Å²) in [6, 6.07) is 6.18. The van der Waals surface area contributed by atoms with Crippen LogP contribution in [0.2, 0.25) is 0 Å². The van der Waals surface area contributed by atoms with Crippen molar-refractivity contribution in [3.63, 3.8) is 0 Å². The lowest BCUT2D eigenvalue weighted by atomic mass is 10.00. The number of benzene rings is 1. The van der Waals surface area contributed by atoms with E-state index in [1.807, 2.05) is 0 Å². The van der Waals surface area contributed by atoms with E-state index in [2.05, 4.69) is 10.1 Å². The largest absolute Gasteiger partial charge is 0.381 e. The normalized spacial score (nSPS) is 21.3. The molecule has 2 saturated heterocycles. The van der Waals surface area contributed by atoms with E-state index in [0.717, 1.165) is 25.7 Å². The summed E-state index contributed by atoms with van der Waals surface area (Å²) >= 11 is 0. The first-order valence-corrected chi connectivity index (χ1v) is 9.16. The number of ether oxygens (including phenoxy) is 1. The van der Waals surface area contributed by atoms with Gasteiger partial charge in [0.25, 0.3) is 0 Å². The summed E-state index contributed by atoms with van der Waals surface area (Å²) in [4.78, 5) is 19.0. The molecular formula is C19H22FN3O3. The maximum absolute atomic E-state index is 13.8. The lowest BCUT2D eigenvalue weighted by Crippen LogP contribution is -2.32. The van der Waals surface area contributed by atoms with Gasteiger partial charge in [0.2, 0.25) is 11.8 Å². The highest BCUT2D eigenvalue weighted by Crippen LogP contribution is 2.33. The number of halogens is 1. The fourth-order valence-corrected chi connectivity index (χ4v) is 3.73. The quantitative estimate of drug-likeness (QED) is 0.839. The molecule has 2 aliphatic rings. The number of nitrogens with zero attached hydrogens (tertiary/aromatic N) is 3. The maximum Gasteiger partial charge on any atom is 0.249 e. The molecule has 0 bridgehead atoms. The average molecular weight is 359 g/mol. The minimum Gasteiger partial charge on any atom is -0.381 e. The summed E-state index contributed by atoms with van der Waals surface area (Å²) in [7, 11) is 0. The molecule has 1 aromatic heterocycles. The van der Waals surface area contributed by atoms with Crippen LogP contribution in [0.25, 0.3) is 0 Å². The van der Waals surface area contributed by atoms with Gasteiger partial charge in [-0.3, -0.25) is 4.79 Å². The van der Waals surface area contributed by atoms with Gasteiger partial charge in [-0.15, -0.1) is 0 Å². The predicted octanol–water partition coefficient (Wildman–Crippen LogP) is 3.01. The smallest absolute Gasteiger partial charge is 0.249 e. The molecule has 1 amide bonds. The van der Waals surface area contributed by atoms with Crippen LogP contribution in [0.5, 0.6) is 0 Å². The number of amides is 1. The molecule has 7 heteroatoms. The van der Waals surface area contributed by atoms with E-state index in [9.17, 15) is 9.18 Å². The SMILES string of the molecule is O=C(Cc1ccccc1F)N1CCCC1c1nc(C2CCOCC2)no1. The molecule has 0 saturated carbocycles. The van der Waals surface area contributed by atoms with Crippen molar-refractivity contribution >= 4 is 5.91 Å². The minimum atomic E-state index is -0.351. The van der Waals surface area contributed by atoms with Crippen LogP contribution in [0.4, 0.5) is 4.39 Å². The van der Waals surface area contributed by atoms with Crippen molar-refractivity contribution < 1.29 is 18.4 Å². The molecule has 138 valence electrons. The standard InChI is InChI=1S/C19H22FN3O3/c20-15-5-2-1-4-14(15)12-17(24)23-9-3-6-16(23)19-21-18(22-26-19)13-7-10-25-11-8-13/h1-2,4-5,13,16H,3,6-12H2. The summed E-state index contributed by atoms with van der Waals surface area (Å²) in [5, 5.41) is 4.14. The molecule has 2 aliphatic heterocycles. The summed E-state index contributed by atoms with van der Waals surface area (Å²) in [5.74, 6) is 0.993. The molecule has 6 nitrogen and oxygen atoms in total. The van der Waals surface area contributed by atoms with Crippen molar-refractivity contribution in [3.05, 3.63) is 47.4 Å². The van der Waals surface area contributed by atoms with Crippen molar-refractivity contribution in [1.29, 1.82) is 0 Å². The molecule has 1 aromatic carbocycles. The molecule has 4 rings (SSSR count). The lowest BCUT2D eigenvalue weighted by Gasteiger charge is -2.22. The molecule has 2 aromatic rings. The van der Waals surface area contributed by atoms with Crippen molar-refractivity contribution in [3.8, 4) is 0 Å². The highest BCUT2D eigenvalue weighted by molar-refractivity contribution is 5.79. The first-order chi connectivity index (χ1) is 12.7. The Balaban J connectivity index is 1.47. The van der Waals surface area contributed by atoms with E-state index in [1.54, 1.807) is 23.1 Å². The van der Waals surface area contributed by atoms with Crippen molar-refractivity contribution in [2.24, 2.45) is 0 Å². The zero-order valence-corrected chi connectivity index (χ0v) is 14.6. The molecular weight excluding hydrogens is 337 g/mol. The summed E-state index contributed by atoms with van der Waals surface area (Å²) in [6.07, 6.45) is 3.49. The van der Waals surface area contributed by atoms with Gasteiger partial charge in [0.05, 0.1) is 6.42 Å². The number of rotatable bonds is 4. The zero-order chi connectivity index (χ0) is 17.9. The Kier molecular flexibility index (Phi) is 4.97. The van der Waals surface area contributed by atoms with E-state index >= 15 is 0 Å². The monoisotopic (exact) mass is 359 g/mol. The molecule has 26 heavy (non-hydrogen) atoms. The Bertz CT molecular complexity index is 773. The topological polar surface area (TPSA) is 68.5 Å². The van der Waals surface area contributed by atoms with Crippen molar-refractivity contribution in [2.45, 2.75) is 44.1 Å². The van der Waals surface area contributed by atoms with Crippen LogP contribution in [0.15, 0.2) is 28.8 Å². The van der Waals surface area contributed by atoms with Gasteiger partial charge < -0.3 is 14.2 Å². The summed E-state index contributed by atoms with van der Waals surface area (Å²) in [5.41, 5.74) is 0.413. The van der Waals surface area contributed by atoms with Gasteiger partial charge in [0.1, 0.15) is 11.9 Å². The Morgan fingerprint density at radius 1 is 1.23 bits per heavy atom. The van der Waals surface area contributed by atoms with Gasteiger partial charge in [-0.2, -0.15) is 4.98 Å². The Morgan fingerprint density at radius 2 is 2.04 bits per heavy atom. The van der Waals surface area contributed by atoms with Gasteiger partial charge in [-0.25, -0.2) is 4.39 Å². The zero-order valence-electron chi connectivity index (χ0n) is 14.6. The molecule has 1 atom stereocenters. The van der Waals surface area contributed by atoms with Crippen LogP contribution in [-0.2, 0) is 16.0 Å². The minimum absolute atomic E-state index is 0.0458. The van der Waals surface area contributed by atoms with Crippen LogP contribution >= 0.6 is 0 Å². The van der Waals surface area contributed by atoms with Crippen LogP contribution in [0.1, 0.15) is 54.9 Å². The fourth-order valence-electron chi connectivity index (χ4n) is 3.73. The van der Waals surface area contributed by atoms with E-state index in [4.69, 9.17) is 9.26 Å². The Hall–Kier alpha value is -2.28. The van der Waals surface area contributed by atoms with Crippen molar-refractivity contribution in [2.75, 3.05) is 19.8 Å². The van der Waals surface area contributed by atoms with Gasteiger partial charge in [-0.05, 0) is 37.3 Å². The second-order valence-electron chi connectivity index (χ2n) is 6.89. The van der Waals surface area contributed by atoms with Gasteiger partial charge in [0.15, 0.2) is 5.82 Å². The first-order valence-electron chi connectivity index (χ1n) is 9.16. The van der Waals surface area contributed by atoms with Gasteiger partial charge in [0, 0.05) is 25.7 Å². The number of carbonyl (C=O) groups excluding carboxylic acids is 1. The van der Waals surface area contributed by atoms with Crippen LogP contribution in [0.3, 0.4) is 0 Å². The lowest BCUT2D eigenvalue weighted by molar-refractivity contribution is -0.131. The molecule has 0 aliphatic carbocycles. The molecule has 0 radical (unpaired) electrons. The average Bonchev–Trinajstić information content (AvgIpc) is 3.33. The molecule has 0 spiro atoms. The third-order valence-electron chi connectivity index (χ3n) is 5.20. The van der Waals surface area contributed by atoms with Gasteiger partial charge >= 0.3 is 0 Å². The molecule has 3 heterocycles. The predicted molar refractivity (Wildman–Crippen MR) is 90.9 cm³/mol. The second kappa shape index (κ2) is 7.53. The maximum atomic E-state index is 13.8. The Labute approximate surface area is 151 Å².